The lowest BCUT2D eigenvalue weighted by Gasteiger charge is -2.30. The molecule has 8 heteroatoms. The fourth-order valence-corrected chi connectivity index (χ4v) is 3.02. The molecule has 138 valence electrons. The molecule has 1 amide bonds. The van der Waals surface area contributed by atoms with Crippen LogP contribution in [0.4, 0.5) is 17.1 Å². The molecular formula is C18H20ClN3O4. The number of fused-ring (bicyclic) bond motifs is 1. The summed E-state index contributed by atoms with van der Waals surface area (Å²) in [5.41, 5.74) is 8.44. The Bertz CT molecular complexity index is 813. The van der Waals surface area contributed by atoms with Gasteiger partial charge in [-0.25, -0.2) is 0 Å². The summed E-state index contributed by atoms with van der Waals surface area (Å²) >= 11 is 0. The lowest BCUT2D eigenvalue weighted by Crippen LogP contribution is -2.36. The van der Waals surface area contributed by atoms with Gasteiger partial charge in [-0.05, 0) is 36.6 Å². The molecule has 0 spiro atoms. The molecule has 1 heterocycles. The van der Waals surface area contributed by atoms with Gasteiger partial charge in [0, 0.05) is 24.0 Å². The number of hydrogen-bond donors (Lipinski definition) is 1. The van der Waals surface area contributed by atoms with Gasteiger partial charge in [0.15, 0.2) is 5.75 Å². The summed E-state index contributed by atoms with van der Waals surface area (Å²) in [6, 6.07) is 11.7. The average molecular weight is 378 g/mol. The van der Waals surface area contributed by atoms with Crippen molar-refractivity contribution in [1.82, 2.24) is 0 Å². The topological polar surface area (TPSA) is 98.7 Å². The van der Waals surface area contributed by atoms with Crippen molar-refractivity contribution in [1.29, 1.82) is 0 Å². The maximum absolute atomic E-state index is 12.6. The van der Waals surface area contributed by atoms with Crippen LogP contribution in [0, 0.1) is 10.1 Å². The fraction of sp³-hybridized carbons (Fsp3) is 0.278. The molecule has 26 heavy (non-hydrogen) atoms. The number of nitrogens with two attached hydrogens (primary N) is 1. The number of carbonyl (C=O) groups is 1. The minimum absolute atomic E-state index is 0. The first-order valence-corrected chi connectivity index (χ1v) is 8.12. The summed E-state index contributed by atoms with van der Waals surface area (Å²) in [6.45, 7) is 0.721. The van der Waals surface area contributed by atoms with Crippen LogP contribution in [0.2, 0.25) is 0 Å². The van der Waals surface area contributed by atoms with E-state index in [1.165, 1.54) is 12.1 Å². The highest BCUT2D eigenvalue weighted by molar-refractivity contribution is 5.95. The highest BCUT2D eigenvalue weighted by Crippen LogP contribution is 2.32. The highest BCUT2D eigenvalue weighted by atomic mass is 35.5. The molecule has 1 aliphatic rings. The summed E-state index contributed by atoms with van der Waals surface area (Å²) in [6.07, 6.45) is 1.86. The zero-order valence-electron chi connectivity index (χ0n) is 14.1. The Morgan fingerprint density at radius 1 is 1.23 bits per heavy atom. The molecule has 0 aliphatic carbocycles. The number of nitro groups is 1. The monoisotopic (exact) mass is 377 g/mol. The van der Waals surface area contributed by atoms with E-state index in [0.29, 0.717) is 12.2 Å². The number of halogens is 1. The van der Waals surface area contributed by atoms with E-state index in [-0.39, 0.29) is 42.8 Å². The quantitative estimate of drug-likeness (QED) is 0.489. The first-order chi connectivity index (χ1) is 12.1. The molecule has 0 saturated carbocycles. The zero-order valence-corrected chi connectivity index (χ0v) is 14.9. The van der Waals surface area contributed by atoms with E-state index in [0.717, 1.165) is 24.1 Å². The fourth-order valence-electron chi connectivity index (χ4n) is 3.02. The standard InChI is InChI=1S/C18H19N3O4.ClH/c19-14-6-3-8-15-13(14)5-4-11-20(15)18(22)10-12-25-17-9-2-1-7-16(17)21(23)24;/h1-3,6-9H,4-5,10-12,19H2;1H. The van der Waals surface area contributed by atoms with Crippen molar-refractivity contribution in [3.8, 4) is 5.75 Å². The van der Waals surface area contributed by atoms with Crippen molar-refractivity contribution in [2.45, 2.75) is 19.3 Å². The third-order valence-corrected chi connectivity index (χ3v) is 4.22. The number of amides is 1. The average Bonchev–Trinajstić information content (AvgIpc) is 2.62. The van der Waals surface area contributed by atoms with Crippen molar-refractivity contribution in [2.24, 2.45) is 0 Å². The lowest BCUT2D eigenvalue weighted by atomic mass is 9.99. The van der Waals surface area contributed by atoms with Gasteiger partial charge in [-0.2, -0.15) is 0 Å². The molecule has 0 saturated heterocycles. The highest BCUT2D eigenvalue weighted by Gasteiger charge is 2.23. The molecule has 3 rings (SSSR count). The summed E-state index contributed by atoms with van der Waals surface area (Å²) in [5, 5.41) is 11.0. The number of nitrogen functional groups attached to an aromatic ring is 1. The number of nitrogens with zero attached hydrogens (tertiary/aromatic N) is 2. The Labute approximate surface area is 157 Å². The first kappa shape index (κ1) is 19.5. The van der Waals surface area contributed by atoms with Crippen molar-refractivity contribution >= 4 is 35.4 Å². The second-order valence-corrected chi connectivity index (χ2v) is 5.82. The molecule has 1 aliphatic heterocycles. The van der Waals surface area contributed by atoms with E-state index in [1.807, 2.05) is 18.2 Å². The molecule has 2 N–H and O–H groups in total. The van der Waals surface area contributed by atoms with Crippen molar-refractivity contribution < 1.29 is 14.5 Å². The minimum Gasteiger partial charge on any atom is -0.486 e. The number of nitro benzene ring substituents is 1. The normalized spacial score (nSPS) is 12.7. The van der Waals surface area contributed by atoms with Gasteiger partial charge in [-0.15, -0.1) is 12.4 Å². The maximum Gasteiger partial charge on any atom is 0.310 e. The Hall–Kier alpha value is -2.80. The van der Waals surface area contributed by atoms with E-state index in [9.17, 15) is 14.9 Å². The molecule has 2 aromatic carbocycles. The van der Waals surface area contributed by atoms with Gasteiger partial charge in [-0.3, -0.25) is 14.9 Å². The van der Waals surface area contributed by atoms with Gasteiger partial charge in [0.25, 0.3) is 0 Å². The maximum atomic E-state index is 12.6. The Kier molecular flexibility index (Phi) is 6.41. The zero-order chi connectivity index (χ0) is 17.8. The van der Waals surface area contributed by atoms with Crippen LogP contribution in [0.3, 0.4) is 0 Å². The van der Waals surface area contributed by atoms with Gasteiger partial charge in [0.2, 0.25) is 5.91 Å². The van der Waals surface area contributed by atoms with E-state index in [2.05, 4.69) is 0 Å². The van der Waals surface area contributed by atoms with E-state index < -0.39 is 4.92 Å². The van der Waals surface area contributed by atoms with Crippen LogP contribution in [0.1, 0.15) is 18.4 Å². The Balaban J connectivity index is 0.00000243. The van der Waals surface area contributed by atoms with Crippen LogP contribution in [0.25, 0.3) is 0 Å². The molecule has 2 aromatic rings. The van der Waals surface area contributed by atoms with Crippen LogP contribution in [-0.2, 0) is 11.2 Å². The molecule has 0 bridgehead atoms. The van der Waals surface area contributed by atoms with Crippen molar-refractivity contribution in [2.75, 3.05) is 23.8 Å². The third kappa shape index (κ3) is 4.05. The number of hydrogen-bond acceptors (Lipinski definition) is 5. The molecule has 0 radical (unpaired) electrons. The van der Waals surface area contributed by atoms with Crippen molar-refractivity contribution in [3.05, 3.63) is 58.1 Å². The van der Waals surface area contributed by atoms with Gasteiger partial charge >= 0.3 is 5.69 Å². The number of para-hydroxylation sites is 2. The lowest BCUT2D eigenvalue weighted by molar-refractivity contribution is -0.385. The van der Waals surface area contributed by atoms with E-state index in [1.54, 1.807) is 17.0 Å². The smallest absolute Gasteiger partial charge is 0.310 e. The second kappa shape index (κ2) is 8.53. The number of rotatable bonds is 5. The van der Waals surface area contributed by atoms with Gasteiger partial charge in [0.05, 0.1) is 18.0 Å². The summed E-state index contributed by atoms with van der Waals surface area (Å²) in [5.74, 6) is 0.0914. The van der Waals surface area contributed by atoms with Crippen LogP contribution in [-0.4, -0.2) is 24.0 Å². The number of anilines is 2. The molecular weight excluding hydrogens is 358 g/mol. The Morgan fingerprint density at radius 3 is 2.77 bits per heavy atom. The van der Waals surface area contributed by atoms with Crippen LogP contribution in [0.15, 0.2) is 42.5 Å². The molecule has 0 fully saturated rings. The largest absolute Gasteiger partial charge is 0.486 e. The second-order valence-electron chi connectivity index (χ2n) is 5.82. The Morgan fingerprint density at radius 2 is 2.00 bits per heavy atom. The van der Waals surface area contributed by atoms with E-state index in [4.69, 9.17) is 10.5 Å². The van der Waals surface area contributed by atoms with E-state index >= 15 is 0 Å². The van der Waals surface area contributed by atoms with Crippen LogP contribution >= 0.6 is 12.4 Å². The molecule has 0 unspecified atom stereocenters. The number of carbonyl (C=O) groups excluding carboxylic acids is 1. The molecule has 0 aromatic heterocycles. The summed E-state index contributed by atoms with van der Waals surface area (Å²) < 4.78 is 5.46. The number of ether oxygens (including phenoxy) is 1. The minimum atomic E-state index is -0.499. The van der Waals surface area contributed by atoms with Crippen LogP contribution in [0.5, 0.6) is 5.75 Å². The molecule has 7 nitrogen and oxygen atoms in total. The molecule has 0 atom stereocenters. The van der Waals surface area contributed by atoms with Crippen molar-refractivity contribution in [3.63, 3.8) is 0 Å². The SMILES string of the molecule is Cl.Nc1cccc2c1CCCN2C(=O)CCOc1ccccc1[N+](=O)[O-]. The third-order valence-electron chi connectivity index (χ3n) is 4.22. The van der Waals surface area contributed by atoms with Gasteiger partial charge in [0.1, 0.15) is 0 Å². The van der Waals surface area contributed by atoms with Crippen LogP contribution < -0.4 is 15.4 Å². The van der Waals surface area contributed by atoms with Gasteiger partial charge in [-0.1, -0.05) is 18.2 Å². The summed E-state index contributed by atoms with van der Waals surface area (Å²) in [4.78, 5) is 24.7. The first-order valence-electron chi connectivity index (χ1n) is 8.12. The summed E-state index contributed by atoms with van der Waals surface area (Å²) in [7, 11) is 0. The predicted molar refractivity (Wildman–Crippen MR) is 102 cm³/mol. The number of benzene rings is 2. The van der Waals surface area contributed by atoms with Gasteiger partial charge < -0.3 is 15.4 Å². The predicted octanol–water partition coefficient (Wildman–Crippen LogP) is 3.35.